The van der Waals surface area contributed by atoms with Crippen LogP contribution in [0.5, 0.6) is 0 Å². The molecule has 1 aromatic heterocycles. The van der Waals surface area contributed by atoms with Crippen LogP contribution in [0.4, 0.5) is 0 Å². The Kier molecular flexibility index (Phi) is 4.90. The second kappa shape index (κ2) is 5.66. The van der Waals surface area contributed by atoms with Crippen LogP contribution in [0, 0.1) is 6.92 Å². The molecular weight excluding hydrogens is 346 g/mol. The highest BCUT2D eigenvalue weighted by Crippen LogP contribution is 2.30. The number of sulfonamides is 1. The summed E-state index contributed by atoms with van der Waals surface area (Å²) in [7, 11) is -3.95. The number of nitrogens with one attached hydrogen (secondary N) is 1. The van der Waals surface area contributed by atoms with E-state index in [4.69, 9.17) is 5.11 Å². The van der Waals surface area contributed by atoms with Gasteiger partial charge in [-0.3, -0.25) is 4.79 Å². The van der Waals surface area contributed by atoms with E-state index in [0.29, 0.717) is 3.79 Å². The first-order valence-corrected chi connectivity index (χ1v) is 7.93. The summed E-state index contributed by atoms with van der Waals surface area (Å²) in [5, 5.41) is 18.1. The lowest BCUT2D eigenvalue weighted by Gasteiger charge is -2.16. The number of thiophene rings is 1. The highest BCUT2D eigenvalue weighted by atomic mass is 79.9. The number of hydrogen-bond acceptors (Lipinski definition) is 5. The van der Waals surface area contributed by atoms with Gasteiger partial charge < -0.3 is 10.2 Å². The number of carboxylic acids is 1. The maximum Gasteiger partial charge on any atom is 0.324 e. The van der Waals surface area contributed by atoms with Gasteiger partial charge in [-0.1, -0.05) is 0 Å². The molecule has 9 heteroatoms. The topological polar surface area (TPSA) is 104 Å². The number of carbonyl (C=O) groups is 1. The van der Waals surface area contributed by atoms with E-state index in [1.165, 1.54) is 13.0 Å². The summed E-state index contributed by atoms with van der Waals surface area (Å²) in [4.78, 5) is 10.8. The molecule has 18 heavy (non-hydrogen) atoms. The minimum absolute atomic E-state index is 0.00113. The Morgan fingerprint density at radius 1 is 1.56 bits per heavy atom. The van der Waals surface area contributed by atoms with E-state index in [2.05, 4.69) is 15.9 Å². The van der Waals surface area contributed by atoms with Crippen LogP contribution in [0.25, 0.3) is 0 Å². The molecule has 0 aromatic carbocycles. The van der Waals surface area contributed by atoms with Crippen LogP contribution in [0.15, 0.2) is 14.1 Å². The van der Waals surface area contributed by atoms with E-state index in [1.807, 2.05) is 4.72 Å². The molecule has 3 N–H and O–H groups in total. The summed E-state index contributed by atoms with van der Waals surface area (Å²) in [5.41, 5.74) is 0.740. The summed E-state index contributed by atoms with van der Waals surface area (Å²) < 4.78 is 26.5. The maximum absolute atomic E-state index is 11.9. The predicted octanol–water partition coefficient (Wildman–Crippen LogP) is 0.931. The second-order valence-corrected chi connectivity index (χ2v) is 8.01. The number of aliphatic hydroxyl groups is 1. The third-order valence-corrected chi connectivity index (χ3v) is 6.18. The Labute approximate surface area is 117 Å². The van der Waals surface area contributed by atoms with E-state index in [0.717, 1.165) is 16.9 Å². The van der Waals surface area contributed by atoms with Gasteiger partial charge in [-0.25, -0.2) is 8.42 Å². The Morgan fingerprint density at radius 3 is 2.44 bits per heavy atom. The van der Waals surface area contributed by atoms with Crippen LogP contribution in [0.2, 0.25) is 0 Å². The van der Waals surface area contributed by atoms with E-state index in [-0.39, 0.29) is 4.21 Å². The molecule has 0 aliphatic rings. The van der Waals surface area contributed by atoms with Gasteiger partial charge in [-0.15, -0.1) is 11.3 Å². The zero-order valence-corrected chi connectivity index (χ0v) is 12.8. The lowest BCUT2D eigenvalue weighted by molar-refractivity contribution is -0.141. The van der Waals surface area contributed by atoms with Crippen molar-refractivity contribution in [1.82, 2.24) is 4.72 Å². The predicted molar refractivity (Wildman–Crippen MR) is 70.2 cm³/mol. The van der Waals surface area contributed by atoms with Gasteiger partial charge in [-0.05, 0) is 41.4 Å². The van der Waals surface area contributed by atoms with Gasteiger partial charge in [0.1, 0.15) is 10.3 Å². The number of carboxylic acid groups (broad SMARTS) is 1. The quantitative estimate of drug-likeness (QED) is 0.727. The monoisotopic (exact) mass is 357 g/mol. The summed E-state index contributed by atoms with van der Waals surface area (Å²) in [6.07, 6.45) is -1.33. The number of halogens is 1. The lowest BCUT2D eigenvalue weighted by Crippen LogP contribution is -2.47. The van der Waals surface area contributed by atoms with Gasteiger partial charge in [0.2, 0.25) is 0 Å². The molecule has 0 saturated heterocycles. The highest BCUT2D eigenvalue weighted by molar-refractivity contribution is 9.11. The molecule has 0 bridgehead atoms. The summed E-state index contributed by atoms with van der Waals surface area (Å²) in [6, 6.07) is -0.144. The molecule has 0 unspecified atom stereocenters. The van der Waals surface area contributed by atoms with Crippen molar-refractivity contribution in [2.45, 2.75) is 30.2 Å². The fourth-order valence-corrected chi connectivity index (χ4v) is 4.65. The van der Waals surface area contributed by atoms with Crippen molar-refractivity contribution in [3.63, 3.8) is 0 Å². The van der Waals surface area contributed by atoms with Gasteiger partial charge in [0.05, 0.1) is 9.89 Å². The third-order valence-electron chi connectivity index (χ3n) is 2.13. The van der Waals surface area contributed by atoms with Crippen LogP contribution < -0.4 is 4.72 Å². The van der Waals surface area contributed by atoms with Crippen LogP contribution in [0.1, 0.15) is 12.5 Å². The largest absolute Gasteiger partial charge is 0.480 e. The molecular formula is C9H12BrNO5S2. The van der Waals surface area contributed by atoms with Gasteiger partial charge in [0.15, 0.2) is 0 Å². The van der Waals surface area contributed by atoms with Crippen LogP contribution >= 0.6 is 27.3 Å². The highest BCUT2D eigenvalue weighted by Gasteiger charge is 2.30. The first-order chi connectivity index (χ1) is 8.15. The van der Waals surface area contributed by atoms with Crippen molar-refractivity contribution < 1.29 is 23.4 Å². The van der Waals surface area contributed by atoms with Crippen LogP contribution in [-0.2, 0) is 14.8 Å². The van der Waals surface area contributed by atoms with Crippen molar-refractivity contribution in [2.75, 3.05) is 0 Å². The zero-order valence-electron chi connectivity index (χ0n) is 9.55. The molecule has 0 spiro atoms. The molecule has 0 aliphatic carbocycles. The minimum atomic E-state index is -3.95. The van der Waals surface area contributed by atoms with Crippen molar-refractivity contribution in [2.24, 2.45) is 0 Å². The fraction of sp³-hybridized carbons (Fsp3) is 0.444. The van der Waals surface area contributed by atoms with Crippen LogP contribution in [0.3, 0.4) is 0 Å². The number of hydrogen-bond donors (Lipinski definition) is 3. The fourth-order valence-electron chi connectivity index (χ4n) is 1.14. The molecule has 102 valence electrons. The van der Waals surface area contributed by atoms with Crippen LogP contribution in [-0.4, -0.2) is 36.7 Å². The lowest BCUT2D eigenvalue weighted by atomic mass is 10.2. The molecule has 1 rings (SSSR count). The summed E-state index contributed by atoms with van der Waals surface area (Å²) in [5.74, 6) is -1.43. The Hall–Kier alpha value is -0.480. The van der Waals surface area contributed by atoms with E-state index in [9.17, 15) is 18.3 Å². The van der Waals surface area contributed by atoms with Crippen molar-refractivity contribution in [3.8, 4) is 0 Å². The molecule has 0 radical (unpaired) electrons. The molecule has 1 aromatic rings. The average molecular weight is 358 g/mol. The van der Waals surface area contributed by atoms with Gasteiger partial charge in [0, 0.05) is 0 Å². The molecule has 0 aliphatic heterocycles. The molecule has 1 heterocycles. The number of aryl methyl sites for hydroxylation is 1. The maximum atomic E-state index is 11.9. The minimum Gasteiger partial charge on any atom is -0.480 e. The van der Waals surface area contributed by atoms with E-state index >= 15 is 0 Å². The van der Waals surface area contributed by atoms with Gasteiger partial charge in [0.25, 0.3) is 10.0 Å². The normalized spacial score (nSPS) is 15.3. The van der Waals surface area contributed by atoms with Crippen molar-refractivity contribution in [3.05, 3.63) is 15.4 Å². The van der Waals surface area contributed by atoms with Crippen molar-refractivity contribution in [1.29, 1.82) is 0 Å². The van der Waals surface area contributed by atoms with E-state index < -0.39 is 28.1 Å². The number of aliphatic carboxylic acids is 1. The SMILES string of the molecule is Cc1cc(S(=O)(=O)N[C@H](C(=O)O)[C@@H](C)O)sc1Br. The molecule has 0 amide bonds. The van der Waals surface area contributed by atoms with Crippen molar-refractivity contribution >= 4 is 43.3 Å². The van der Waals surface area contributed by atoms with E-state index in [1.54, 1.807) is 6.92 Å². The smallest absolute Gasteiger partial charge is 0.324 e. The molecule has 2 atom stereocenters. The third kappa shape index (κ3) is 3.51. The summed E-state index contributed by atoms with van der Waals surface area (Å²) >= 11 is 4.17. The van der Waals surface area contributed by atoms with Gasteiger partial charge in [-0.2, -0.15) is 4.72 Å². The average Bonchev–Trinajstić information content (AvgIpc) is 2.56. The molecule has 6 nitrogen and oxygen atoms in total. The zero-order chi connectivity index (χ0) is 14.1. The number of aliphatic hydroxyl groups excluding tert-OH is 1. The second-order valence-electron chi connectivity index (χ2n) is 3.70. The molecule has 0 saturated carbocycles. The first kappa shape index (κ1) is 15.6. The van der Waals surface area contributed by atoms with Gasteiger partial charge >= 0.3 is 5.97 Å². The molecule has 0 fully saturated rings. The Morgan fingerprint density at radius 2 is 2.11 bits per heavy atom. The standard InChI is InChI=1S/C9H12BrNO5S2/c1-4-3-6(17-8(4)10)18(15,16)11-7(5(2)12)9(13)14/h3,5,7,11-12H,1-2H3,(H,13,14)/t5-,7+/m1/s1. The Balaban J connectivity index is 3.04. The first-order valence-electron chi connectivity index (χ1n) is 4.84. The Bertz CT molecular complexity index is 532. The number of rotatable bonds is 5. The summed E-state index contributed by atoms with van der Waals surface area (Å²) in [6.45, 7) is 2.93.